The Bertz CT molecular complexity index is 443. The van der Waals surface area contributed by atoms with Crippen molar-refractivity contribution in [2.75, 3.05) is 14.2 Å². The molecule has 0 saturated carbocycles. The number of nitrogens with one attached hydrogen (secondary N) is 1. The lowest BCUT2D eigenvalue weighted by molar-refractivity contribution is 0.171. The normalized spacial score (nSPS) is 10.9. The molecular formula is C11H14N2O4. The first-order valence-corrected chi connectivity index (χ1v) is 4.84. The van der Waals surface area contributed by atoms with Crippen LogP contribution in [0.2, 0.25) is 0 Å². The maximum Gasteiger partial charge on any atom is 0.427 e. The molecule has 0 bridgehead atoms. The van der Waals surface area contributed by atoms with Gasteiger partial charge in [-0.15, -0.1) is 0 Å². The Hall–Kier alpha value is -2.24. The fourth-order valence-corrected chi connectivity index (χ4v) is 1.14. The first-order valence-electron chi connectivity index (χ1n) is 4.84. The molecule has 1 rings (SSSR count). The van der Waals surface area contributed by atoms with Gasteiger partial charge in [0, 0.05) is 5.56 Å². The van der Waals surface area contributed by atoms with Gasteiger partial charge >= 0.3 is 6.09 Å². The minimum atomic E-state index is -0.643. The lowest BCUT2D eigenvalue weighted by Crippen LogP contribution is -2.18. The van der Waals surface area contributed by atoms with E-state index in [1.807, 2.05) is 0 Å². The van der Waals surface area contributed by atoms with Crippen LogP contribution in [0.1, 0.15) is 12.5 Å². The number of rotatable bonds is 3. The number of methoxy groups -OCH3 is 2. The molecule has 17 heavy (non-hydrogen) atoms. The Morgan fingerprint density at radius 2 is 2.12 bits per heavy atom. The van der Waals surface area contributed by atoms with Gasteiger partial charge in [-0.3, -0.25) is 0 Å². The summed E-state index contributed by atoms with van der Waals surface area (Å²) in [6, 6.07) is 4.77. The van der Waals surface area contributed by atoms with Crippen LogP contribution in [-0.4, -0.2) is 31.1 Å². The average Bonchev–Trinajstić information content (AvgIpc) is 2.35. The third kappa shape index (κ3) is 3.37. The summed E-state index contributed by atoms with van der Waals surface area (Å²) in [6.07, 6.45) is -0.643. The topological polar surface area (TPSA) is 80.2 Å². The summed E-state index contributed by atoms with van der Waals surface area (Å²) < 4.78 is 9.34. The summed E-state index contributed by atoms with van der Waals surface area (Å²) in [4.78, 5) is 10.8. The number of nitrogens with zero attached hydrogens (tertiary/aromatic N) is 1. The molecule has 0 unspecified atom stereocenters. The predicted octanol–water partition coefficient (Wildman–Crippen LogP) is 1.48. The molecule has 92 valence electrons. The summed E-state index contributed by atoms with van der Waals surface area (Å²) in [5, 5.41) is 13.2. The molecular weight excluding hydrogens is 224 g/mol. The second-order valence-corrected chi connectivity index (χ2v) is 3.19. The van der Waals surface area contributed by atoms with Crippen LogP contribution in [-0.2, 0) is 4.74 Å². The van der Waals surface area contributed by atoms with E-state index in [0.29, 0.717) is 11.5 Å². The van der Waals surface area contributed by atoms with E-state index in [4.69, 9.17) is 4.74 Å². The van der Waals surface area contributed by atoms with Crippen LogP contribution in [0.4, 0.5) is 4.79 Å². The van der Waals surface area contributed by atoms with E-state index in [1.54, 1.807) is 19.1 Å². The number of carbonyl (C=O) groups excluding carboxylic acids is 1. The van der Waals surface area contributed by atoms with E-state index in [9.17, 15) is 9.90 Å². The zero-order valence-corrected chi connectivity index (χ0v) is 9.85. The van der Waals surface area contributed by atoms with Crippen molar-refractivity contribution in [1.82, 2.24) is 5.43 Å². The molecule has 0 heterocycles. The third-order valence-corrected chi connectivity index (χ3v) is 2.10. The van der Waals surface area contributed by atoms with Gasteiger partial charge in [0.15, 0.2) is 11.5 Å². The van der Waals surface area contributed by atoms with Gasteiger partial charge in [-0.1, -0.05) is 0 Å². The standard InChI is InChI=1S/C11H14N2O4/c1-7(12-13-11(15)17-3)8-4-5-9(14)10(6-8)16-2/h4-6,14H,1-3H3,(H,13,15). The summed E-state index contributed by atoms with van der Waals surface area (Å²) in [6.45, 7) is 1.71. The second-order valence-electron chi connectivity index (χ2n) is 3.19. The van der Waals surface area contributed by atoms with Crippen LogP contribution in [0.25, 0.3) is 0 Å². The molecule has 0 aromatic heterocycles. The Kier molecular flexibility index (Phi) is 4.33. The number of benzene rings is 1. The van der Waals surface area contributed by atoms with Gasteiger partial charge in [0.25, 0.3) is 0 Å². The van der Waals surface area contributed by atoms with Crippen molar-refractivity contribution in [3.05, 3.63) is 23.8 Å². The highest BCUT2D eigenvalue weighted by Crippen LogP contribution is 2.26. The summed E-state index contributed by atoms with van der Waals surface area (Å²) in [7, 11) is 2.71. The molecule has 6 heteroatoms. The Balaban J connectivity index is 2.88. The van der Waals surface area contributed by atoms with Crippen molar-refractivity contribution in [3.63, 3.8) is 0 Å². The molecule has 0 radical (unpaired) electrons. The number of hydrazone groups is 1. The smallest absolute Gasteiger partial charge is 0.427 e. The van der Waals surface area contributed by atoms with E-state index in [2.05, 4.69) is 15.3 Å². The molecule has 0 aliphatic carbocycles. The van der Waals surface area contributed by atoms with E-state index in [0.717, 1.165) is 5.56 Å². The fourth-order valence-electron chi connectivity index (χ4n) is 1.14. The van der Waals surface area contributed by atoms with Crippen LogP contribution in [0, 0.1) is 0 Å². The number of phenols is 1. The molecule has 0 saturated heterocycles. The van der Waals surface area contributed by atoms with E-state index in [1.165, 1.54) is 20.3 Å². The zero-order valence-electron chi connectivity index (χ0n) is 9.85. The molecule has 1 amide bonds. The number of hydrogen-bond donors (Lipinski definition) is 2. The maximum absolute atomic E-state index is 10.8. The number of amides is 1. The number of phenolic OH excluding ortho intramolecular Hbond substituents is 1. The average molecular weight is 238 g/mol. The van der Waals surface area contributed by atoms with Crippen molar-refractivity contribution >= 4 is 11.8 Å². The van der Waals surface area contributed by atoms with Crippen molar-refractivity contribution < 1.29 is 19.4 Å². The molecule has 1 aromatic carbocycles. The van der Waals surface area contributed by atoms with Crippen molar-refractivity contribution in [3.8, 4) is 11.5 Å². The molecule has 0 aliphatic heterocycles. The Morgan fingerprint density at radius 3 is 2.71 bits per heavy atom. The van der Waals surface area contributed by atoms with E-state index < -0.39 is 6.09 Å². The monoisotopic (exact) mass is 238 g/mol. The maximum atomic E-state index is 10.8. The van der Waals surface area contributed by atoms with Crippen LogP contribution in [0.5, 0.6) is 11.5 Å². The number of ether oxygens (including phenoxy) is 2. The molecule has 2 N–H and O–H groups in total. The van der Waals surface area contributed by atoms with E-state index >= 15 is 0 Å². The van der Waals surface area contributed by atoms with Gasteiger partial charge < -0.3 is 14.6 Å². The molecule has 6 nitrogen and oxygen atoms in total. The quantitative estimate of drug-likeness (QED) is 0.617. The minimum Gasteiger partial charge on any atom is -0.504 e. The summed E-state index contributed by atoms with van der Waals surface area (Å²) in [5.41, 5.74) is 3.49. The first kappa shape index (κ1) is 12.8. The minimum absolute atomic E-state index is 0.0463. The summed E-state index contributed by atoms with van der Waals surface area (Å²) >= 11 is 0. The molecule has 0 spiro atoms. The molecule has 0 aliphatic rings. The SMILES string of the molecule is COC(=O)NN=C(C)c1ccc(O)c(OC)c1. The largest absolute Gasteiger partial charge is 0.504 e. The second kappa shape index (κ2) is 5.74. The third-order valence-electron chi connectivity index (χ3n) is 2.10. The highest BCUT2D eigenvalue weighted by molar-refractivity contribution is 5.99. The van der Waals surface area contributed by atoms with Crippen molar-refractivity contribution in [2.45, 2.75) is 6.92 Å². The van der Waals surface area contributed by atoms with Gasteiger partial charge in [-0.25, -0.2) is 10.2 Å². The van der Waals surface area contributed by atoms with E-state index in [-0.39, 0.29) is 5.75 Å². The highest BCUT2D eigenvalue weighted by Gasteiger charge is 2.05. The van der Waals surface area contributed by atoms with Gasteiger partial charge in [0.05, 0.1) is 19.9 Å². The lowest BCUT2D eigenvalue weighted by atomic mass is 10.1. The summed E-state index contributed by atoms with van der Waals surface area (Å²) in [5.74, 6) is 0.389. The van der Waals surface area contributed by atoms with Gasteiger partial charge in [0.2, 0.25) is 0 Å². The van der Waals surface area contributed by atoms with Crippen LogP contribution < -0.4 is 10.2 Å². The fraction of sp³-hybridized carbons (Fsp3) is 0.273. The molecule has 1 aromatic rings. The molecule has 0 fully saturated rings. The lowest BCUT2D eigenvalue weighted by Gasteiger charge is -2.06. The number of hydrogen-bond acceptors (Lipinski definition) is 5. The van der Waals surface area contributed by atoms with Gasteiger partial charge in [-0.2, -0.15) is 5.10 Å². The predicted molar refractivity (Wildman–Crippen MR) is 62.4 cm³/mol. The van der Waals surface area contributed by atoms with Crippen LogP contribution >= 0.6 is 0 Å². The van der Waals surface area contributed by atoms with Crippen molar-refractivity contribution in [1.29, 1.82) is 0 Å². The van der Waals surface area contributed by atoms with Crippen LogP contribution in [0.3, 0.4) is 0 Å². The van der Waals surface area contributed by atoms with Crippen LogP contribution in [0.15, 0.2) is 23.3 Å². The zero-order chi connectivity index (χ0) is 12.8. The van der Waals surface area contributed by atoms with Gasteiger partial charge in [0.1, 0.15) is 0 Å². The highest BCUT2D eigenvalue weighted by atomic mass is 16.5. The molecule has 0 atom stereocenters. The van der Waals surface area contributed by atoms with Gasteiger partial charge in [-0.05, 0) is 25.1 Å². The first-order chi connectivity index (χ1) is 8.08. The Labute approximate surface area is 98.9 Å². The Morgan fingerprint density at radius 1 is 1.41 bits per heavy atom. The number of aromatic hydroxyl groups is 1. The number of carbonyl (C=O) groups is 1. The van der Waals surface area contributed by atoms with Crippen molar-refractivity contribution in [2.24, 2.45) is 5.10 Å².